The second-order valence-electron chi connectivity index (χ2n) is 5.51. The summed E-state index contributed by atoms with van der Waals surface area (Å²) >= 11 is 0. The maximum Gasteiger partial charge on any atom is 0.254 e. The third-order valence-electron chi connectivity index (χ3n) is 3.82. The van der Waals surface area contributed by atoms with Crippen LogP contribution in [0, 0.1) is 27.7 Å². The Bertz CT molecular complexity index is 763. The number of nitrogens with zero attached hydrogens (tertiary/aromatic N) is 1. The van der Waals surface area contributed by atoms with E-state index in [1.807, 2.05) is 32.0 Å². The molecule has 1 amide bonds. The highest BCUT2D eigenvalue weighted by atomic mass is 16.1. The summed E-state index contributed by atoms with van der Waals surface area (Å²) in [6, 6.07) is 5.80. The summed E-state index contributed by atoms with van der Waals surface area (Å²) in [4.78, 5) is 30.9. The zero-order valence-electron chi connectivity index (χ0n) is 13.4. The van der Waals surface area contributed by atoms with Crippen LogP contribution in [0.15, 0.2) is 23.0 Å². The fourth-order valence-electron chi connectivity index (χ4n) is 2.38. The molecule has 2 aromatic rings. The Kier molecular flexibility index (Phi) is 4.75. The largest absolute Gasteiger partial charge is 0.326 e. The van der Waals surface area contributed by atoms with Gasteiger partial charge in [0.25, 0.3) is 5.56 Å². The highest BCUT2D eigenvalue weighted by Gasteiger charge is 2.11. The third kappa shape index (κ3) is 3.61. The summed E-state index contributed by atoms with van der Waals surface area (Å²) < 4.78 is 0. The average Bonchev–Trinajstić information content (AvgIpc) is 2.42. The standard InChI is InChI=1S/C17H21N3O2/c1-10-6-5-7-15(11(10)2)20-16(21)9-8-14-12(3)18-13(4)19-17(14)22/h5-7H,8-9H2,1-4H3,(H,20,21)(H,18,19,22). The Labute approximate surface area is 129 Å². The lowest BCUT2D eigenvalue weighted by atomic mass is 10.1. The summed E-state index contributed by atoms with van der Waals surface area (Å²) in [5.74, 6) is 0.485. The van der Waals surface area contributed by atoms with E-state index in [9.17, 15) is 9.59 Å². The van der Waals surface area contributed by atoms with Gasteiger partial charge < -0.3 is 10.3 Å². The molecule has 0 aliphatic rings. The molecule has 0 saturated carbocycles. The van der Waals surface area contributed by atoms with E-state index in [0.717, 1.165) is 16.8 Å². The second kappa shape index (κ2) is 6.56. The molecule has 1 heterocycles. The monoisotopic (exact) mass is 299 g/mol. The molecule has 0 unspecified atom stereocenters. The molecule has 0 saturated heterocycles. The number of H-pyrrole nitrogens is 1. The van der Waals surface area contributed by atoms with Gasteiger partial charge in [0, 0.05) is 23.4 Å². The first-order valence-electron chi connectivity index (χ1n) is 7.31. The zero-order valence-corrected chi connectivity index (χ0v) is 13.4. The van der Waals surface area contributed by atoms with Gasteiger partial charge in [-0.25, -0.2) is 4.98 Å². The fourth-order valence-corrected chi connectivity index (χ4v) is 2.38. The van der Waals surface area contributed by atoms with E-state index in [4.69, 9.17) is 0 Å². The van der Waals surface area contributed by atoms with Gasteiger partial charge in [0.2, 0.25) is 5.91 Å². The van der Waals surface area contributed by atoms with E-state index in [1.54, 1.807) is 13.8 Å². The van der Waals surface area contributed by atoms with E-state index in [2.05, 4.69) is 15.3 Å². The summed E-state index contributed by atoms with van der Waals surface area (Å²) in [6.45, 7) is 7.52. The van der Waals surface area contributed by atoms with Gasteiger partial charge in [-0.15, -0.1) is 0 Å². The molecule has 0 spiro atoms. The SMILES string of the molecule is Cc1nc(C)c(CCC(=O)Nc2cccc(C)c2C)c(=O)[nH]1. The van der Waals surface area contributed by atoms with Gasteiger partial charge in [-0.2, -0.15) is 0 Å². The molecular formula is C17H21N3O2. The van der Waals surface area contributed by atoms with E-state index in [0.29, 0.717) is 23.5 Å². The Morgan fingerprint density at radius 1 is 1.23 bits per heavy atom. The van der Waals surface area contributed by atoms with Crippen molar-refractivity contribution in [3.05, 3.63) is 56.8 Å². The summed E-state index contributed by atoms with van der Waals surface area (Å²) in [7, 11) is 0. The zero-order chi connectivity index (χ0) is 16.3. The van der Waals surface area contributed by atoms with E-state index >= 15 is 0 Å². The lowest BCUT2D eigenvalue weighted by Crippen LogP contribution is -2.20. The molecule has 5 heteroatoms. The molecule has 116 valence electrons. The Morgan fingerprint density at radius 2 is 1.95 bits per heavy atom. The van der Waals surface area contributed by atoms with Crippen LogP contribution >= 0.6 is 0 Å². The maximum atomic E-state index is 12.1. The number of carbonyl (C=O) groups excluding carboxylic acids is 1. The maximum absolute atomic E-state index is 12.1. The molecule has 2 rings (SSSR count). The average molecular weight is 299 g/mol. The first-order valence-corrected chi connectivity index (χ1v) is 7.31. The van der Waals surface area contributed by atoms with Crippen molar-refractivity contribution < 1.29 is 4.79 Å². The van der Waals surface area contributed by atoms with Crippen molar-refractivity contribution in [3.63, 3.8) is 0 Å². The number of rotatable bonds is 4. The normalized spacial score (nSPS) is 10.5. The topological polar surface area (TPSA) is 74.8 Å². The molecule has 0 aliphatic heterocycles. The summed E-state index contributed by atoms with van der Waals surface area (Å²) in [5.41, 5.74) is 4.10. The smallest absolute Gasteiger partial charge is 0.254 e. The molecule has 0 aliphatic carbocycles. The predicted octanol–water partition coefficient (Wildman–Crippen LogP) is 2.57. The van der Waals surface area contributed by atoms with Gasteiger partial charge >= 0.3 is 0 Å². The van der Waals surface area contributed by atoms with Crippen LogP contribution in [-0.2, 0) is 11.2 Å². The van der Waals surface area contributed by atoms with Crippen molar-refractivity contribution in [2.75, 3.05) is 5.32 Å². The number of nitrogens with one attached hydrogen (secondary N) is 2. The van der Waals surface area contributed by atoms with Gasteiger partial charge in [0.15, 0.2) is 0 Å². The number of carbonyl (C=O) groups is 1. The molecule has 22 heavy (non-hydrogen) atoms. The van der Waals surface area contributed by atoms with Crippen LogP contribution in [0.3, 0.4) is 0 Å². The van der Waals surface area contributed by atoms with Crippen molar-refractivity contribution in [2.24, 2.45) is 0 Å². The molecule has 2 N–H and O–H groups in total. The first-order chi connectivity index (χ1) is 10.4. The number of aryl methyl sites for hydroxylation is 3. The molecule has 0 atom stereocenters. The van der Waals surface area contributed by atoms with Gasteiger partial charge in [-0.1, -0.05) is 12.1 Å². The van der Waals surface area contributed by atoms with Crippen molar-refractivity contribution in [1.82, 2.24) is 9.97 Å². The number of amides is 1. The van der Waals surface area contributed by atoms with Crippen LogP contribution in [-0.4, -0.2) is 15.9 Å². The molecule has 0 radical (unpaired) electrons. The van der Waals surface area contributed by atoms with Crippen LogP contribution < -0.4 is 10.9 Å². The minimum atomic E-state index is -0.162. The Balaban J connectivity index is 2.05. The van der Waals surface area contributed by atoms with Crippen molar-refractivity contribution in [1.29, 1.82) is 0 Å². The quantitative estimate of drug-likeness (QED) is 0.911. The summed E-state index contributed by atoms with van der Waals surface area (Å²) in [6.07, 6.45) is 0.632. The highest BCUT2D eigenvalue weighted by molar-refractivity contribution is 5.91. The number of hydrogen-bond acceptors (Lipinski definition) is 3. The van der Waals surface area contributed by atoms with Crippen LogP contribution in [0.4, 0.5) is 5.69 Å². The molecule has 0 fully saturated rings. The fraction of sp³-hybridized carbons (Fsp3) is 0.353. The van der Waals surface area contributed by atoms with Crippen LogP contribution in [0.1, 0.15) is 34.6 Å². The number of benzene rings is 1. The second-order valence-corrected chi connectivity index (χ2v) is 5.51. The van der Waals surface area contributed by atoms with Gasteiger partial charge in [-0.3, -0.25) is 9.59 Å². The number of anilines is 1. The number of aromatic amines is 1. The van der Waals surface area contributed by atoms with Crippen LogP contribution in [0.25, 0.3) is 0 Å². The van der Waals surface area contributed by atoms with Crippen LogP contribution in [0.2, 0.25) is 0 Å². The van der Waals surface area contributed by atoms with Crippen molar-refractivity contribution in [2.45, 2.75) is 40.5 Å². The van der Waals surface area contributed by atoms with E-state index in [1.165, 1.54) is 0 Å². The minimum Gasteiger partial charge on any atom is -0.326 e. The number of aromatic nitrogens is 2. The minimum absolute atomic E-state index is 0.104. The Morgan fingerprint density at radius 3 is 2.64 bits per heavy atom. The van der Waals surface area contributed by atoms with Gasteiger partial charge in [0.05, 0.1) is 0 Å². The third-order valence-corrected chi connectivity index (χ3v) is 3.82. The molecule has 1 aromatic heterocycles. The Hall–Kier alpha value is -2.43. The highest BCUT2D eigenvalue weighted by Crippen LogP contribution is 2.18. The van der Waals surface area contributed by atoms with Crippen molar-refractivity contribution in [3.8, 4) is 0 Å². The first kappa shape index (κ1) is 15.9. The number of hydrogen-bond donors (Lipinski definition) is 2. The molecule has 5 nitrogen and oxygen atoms in total. The molecular weight excluding hydrogens is 278 g/mol. The van der Waals surface area contributed by atoms with Gasteiger partial charge in [0.1, 0.15) is 5.82 Å². The van der Waals surface area contributed by atoms with E-state index in [-0.39, 0.29) is 17.9 Å². The predicted molar refractivity (Wildman–Crippen MR) is 87.2 cm³/mol. The summed E-state index contributed by atoms with van der Waals surface area (Å²) in [5, 5.41) is 2.90. The molecule has 1 aromatic carbocycles. The lowest BCUT2D eigenvalue weighted by Gasteiger charge is -2.10. The van der Waals surface area contributed by atoms with Crippen molar-refractivity contribution >= 4 is 11.6 Å². The molecule has 0 bridgehead atoms. The van der Waals surface area contributed by atoms with Crippen LogP contribution in [0.5, 0.6) is 0 Å². The lowest BCUT2D eigenvalue weighted by molar-refractivity contribution is -0.116. The van der Waals surface area contributed by atoms with Gasteiger partial charge in [-0.05, 0) is 51.3 Å². The van der Waals surface area contributed by atoms with E-state index < -0.39 is 0 Å².